The van der Waals surface area contributed by atoms with Gasteiger partial charge in [-0.3, -0.25) is 9.78 Å². The highest BCUT2D eigenvalue weighted by Gasteiger charge is 2.12. The molecule has 0 spiro atoms. The van der Waals surface area contributed by atoms with Crippen molar-refractivity contribution in [1.29, 1.82) is 0 Å². The Balaban J connectivity index is 1.77. The van der Waals surface area contributed by atoms with Gasteiger partial charge in [-0.05, 0) is 61.9 Å². The number of aromatic nitrogens is 1. The second-order valence-corrected chi connectivity index (χ2v) is 6.12. The monoisotopic (exact) mass is 364 g/mol. The SMILES string of the molecule is CCCCOc1ccc(C(=O)Nc2ccc(OCC)c3ncccc23)cc1. The molecule has 0 bridgehead atoms. The molecule has 0 aliphatic heterocycles. The lowest BCUT2D eigenvalue weighted by molar-refractivity contribution is 0.102. The van der Waals surface area contributed by atoms with Crippen molar-refractivity contribution < 1.29 is 14.3 Å². The van der Waals surface area contributed by atoms with Gasteiger partial charge in [-0.2, -0.15) is 0 Å². The van der Waals surface area contributed by atoms with E-state index in [-0.39, 0.29) is 5.91 Å². The van der Waals surface area contributed by atoms with Gasteiger partial charge in [0.05, 0.1) is 18.9 Å². The summed E-state index contributed by atoms with van der Waals surface area (Å²) in [5.74, 6) is 1.31. The summed E-state index contributed by atoms with van der Waals surface area (Å²) >= 11 is 0. The number of amides is 1. The highest BCUT2D eigenvalue weighted by atomic mass is 16.5. The summed E-state index contributed by atoms with van der Waals surface area (Å²) in [5.41, 5.74) is 2.01. The molecule has 3 aromatic rings. The molecule has 1 amide bonds. The second-order valence-electron chi connectivity index (χ2n) is 6.12. The number of unbranched alkanes of at least 4 members (excludes halogenated alkanes) is 1. The van der Waals surface area contributed by atoms with E-state index in [0.717, 1.165) is 29.5 Å². The maximum Gasteiger partial charge on any atom is 0.255 e. The van der Waals surface area contributed by atoms with Crippen LogP contribution in [0.4, 0.5) is 5.69 Å². The first-order valence-corrected chi connectivity index (χ1v) is 9.27. The van der Waals surface area contributed by atoms with Crippen LogP contribution in [-0.4, -0.2) is 24.1 Å². The Morgan fingerprint density at radius 2 is 1.85 bits per heavy atom. The lowest BCUT2D eigenvalue weighted by Gasteiger charge is -2.12. The largest absolute Gasteiger partial charge is 0.494 e. The summed E-state index contributed by atoms with van der Waals surface area (Å²) in [6.45, 7) is 5.30. The number of nitrogens with one attached hydrogen (secondary N) is 1. The van der Waals surface area contributed by atoms with Gasteiger partial charge in [0.1, 0.15) is 17.0 Å². The molecule has 0 fully saturated rings. The Hall–Kier alpha value is -3.08. The predicted molar refractivity (Wildman–Crippen MR) is 108 cm³/mol. The fourth-order valence-corrected chi connectivity index (χ4v) is 2.76. The van der Waals surface area contributed by atoms with Crippen molar-refractivity contribution in [2.75, 3.05) is 18.5 Å². The van der Waals surface area contributed by atoms with Crippen LogP contribution in [0.2, 0.25) is 0 Å². The van der Waals surface area contributed by atoms with Crippen molar-refractivity contribution in [2.45, 2.75) is 26.7 Å². The van der Waals surface area contributed by atoms with Crippen LogP contribution in [0.25, 0.3) is 10.9 Å². The number of hydrogen-bond acceptors (Lipinski definition) is 4. The molecule has 0 atom stereocenters. The van der Waals surface area contributed by atoms with Crippen LogP contribution < -0.4 is 14.8 Å². The number of carbonyl (C=O) groups is 1. The number of ether oxygens (including phenoxy) is 2. The van der Waals surface area contributed by atoms with Crippen LogP contribution in [0.5, 0.6) is 11.5 Å². The average molecular weight is 364 g/mol. The molecule has 1 N–H and O–H groups in total. The first-order valence-electron chi connectivity index (χ1n) is 9.27. The van der Waals surface area contributed by atoms with Gasteiger partial charge in [-0.15, -0.1) is 0 Å². The molecule has 3 rings (SSSR count). The van der Waals surface area contributed by atoms with Crippen LogP contribution >= 0.6 is 0 Å². The minimum Gasteiger partial charge on any atom is -0.494 e. The fraction of sp³-hybridized carbons (Fsp3) is 0.273. The molecule has 2 aromatic carbocycles. The Labute approximate surface area is 159 Å². The topological polar surface area (TPSA) is 60.5 Å². The molecule has 5 heteroatoms. The third-order valence-corrected chi connectivity index (χ3v) is 4.16. The minimum absolute atomic E-state index is 0.176. The molecular weight excluding hydrogens is 340 g/mol. The first-order chi connectivity index (χ1) is 13.2. The number of anilines is 1. The Morgan fingerprint density at radius 3 is 2.59 bits per heavy atom. The molecule has 27 heavy (non-hydrogen) atoms. The molecule has 0 saturated heterocycles. The van der Waals surface area contributed by atoms with Gasteiger partial charge in [-0.1, -0.05) is 13.3 Å². The van der Waals surface area contributed by atoms with Crippen LogP contribution in [0.1, 0.15) is 37.0 Å². The number of pyridine rings is 1. The van der Waals surface area contributed by atoms with E-state index in [1.165, 1.54) is 0 Å². The number of rotatable bonds is 8. The summed E-state index contributed by atoms with van der Waals surface area (Å²) in [6.07, 6.45) is 3.82. The maximum atomic E-state index is 12.6. The summed E-state index contributed by atoms with van der Waals surface area (Å²) in [5, 5.41) is 3.81. The van der Waals surface area contributed by atoms with Gasteiger partial charge in [0, 0.05) is 17.1 Å². The zero-order chi connectivity index (χ0) is 19.1. The number of carbonyl (C=O) groups excluding carboxylic acids is 1. The zero-order valence-electron chi connectivity index (χ0n) is 15.7. The highest BCUT2D eigenvalue weighted by Crippen LogP contribution is 2.30. The average Bonchev–Trinajstić information content (AvgIpc) is 2.70. The van der Waals surface area contributed by atoms with Gasteiger partial charge in [0.25, 0.3) is 5.91 Å². The van der Waals surface area contributed by atoms with E-state index in [1.54, 1.807) is 18.3 Å². The summed E-state index contributed by atoms with van der Waals surface area (Å²) in [4.78, 5) is 17.0. The molecule has 1 heterocycles. The van der Waals surface area contributed by atoms with Gasteiger partial charge in [-0.25, -0.2) is 0 Å². The van der Waals surface area contributed by atoms with E-state index >= 15 is 0 Å². The number of benzene rings is 2. The molecule has 0 radical (unpaired) electrons. The van der Waals surface area contributed by atoms with Crippen molar-refractivity contribution in [3.8, 4) is 11.5 Å². The number of hydrogen-bond donors (Lipinski definition) is 1. The van der Waals surface area contributed by atoms with Gasteiger partial charge in [0.2, 0.25) is 0 Å². The lowest BCUT2D eigenvalue weighted by Crippen LogP contribution is -2.12. The second kappa shape index (κ2) is 9.03. The Kier molecular flexibility index (Phi) is 6.26. The van der Waals surface area contributed by atoms with E-state index in [1.807, 2.05) is 43.3 Å². The molecule has 5 nitrogen and oxygen atoms in total. The van der Waals surface area contributed by atoms with Gasteiger partial charge in [0.15, 0.2) is 0 Å². The number of fused-ring (bicyclic) bond motifs is 1. The summed E-state index contributed by atoms with van der Waals surface area (Å²) < 4.78 is 11.3. The van der Waals surface area contributed by atoms with Crippen molar-refractivity contribution >= 4 is 22.5 Å². The molecule has 1 aromatic heterocycles. The van der Waals surface area contributed by atoms with Crippen molar-refractivity contribution in [2.24, 2.45) is 0 Å². The standard InChI is InChI=1S/C22H24N2O3/c1-3-5-15-27-17-10-8-16(9-11-17)22(25)24-19-12-13-20(26-4-2)21-18(19)7-6-14-23-21/h6-14H,3-5,15H2,1-2H3,(H,24,25). The zero-order valence-corrected chi connectivity index (χ0v) is 15.7. The predicted octanol–water partition coefficient (Wildman–Crippen LogP) is 5.06. The third-order valence-electron chi connectivity index (χ3n) is 4.16. The fourth-order valence-electron chi connectivity index (χ4n) is 2.76. The van der Waals surface area contributed by atoms with Crippen molar-refractivity contribution in [3.63, 3.8) is 0 Å². The summed E-state index contributed by atoms with van der Waals surface area (Å²) in [7, 11) is 0. The molecule has 0 unspecified atom stereocenters. The molecular formula is C22H24N2O3. The summed E-state index contributed by atoms with van der Waals surface area (Å²) in [6, 6.07) is 14.6. The number of nitrogens with zero attached hydrogens (tertiary/aromatic N) is 1. The molecule has 140 valence electrons. The quantitative estimate of drug-likeness (QED) is 0.567. The van der Waals surface area contributed by atoms with Gasteiger partial charge >= 0.3 is 0 Å². The van der Waals surface area contributed by atoms with E-state index in [0.29, 0.717) is 30.2 Å². The minimum atomic E-state index is -0.176. The van der Waals surface area contributed by atoms with Crippen LogP contribution in [0, 0.1) is 0 Å². The first kappa shape index (κ1) is 18.7. The van der Waals surface area contributed by atoms with E-state index in [9.17, 15) is 4.79 Å². The Bertz CT molecular complexity index is 907. The molecule has 0 aliphatic rings. The van der Waals surface area contributed by atoms with Crippen molar-refractivity contribution in [3.05, 3.63) is 60.3 Å². The maximum absolute atomic E-state index is 12.6. The molecule has 0 aliphatic carbocycles. The third kappa shape index (κ3) is 4.56. The van der Waals surface area contributed by atoms with E-state index < -0.39 is 0 Å². The van der Waals surface area contributed by atoms with Crippen LogP contribution in [0.3, 0.4) is 0 Å². The lowest BCUT2D eigenvalue weighted by atomic mass is 10.1. The normalized spacial score (nSPS) is 10.6. The van der Waals surface area contributed by atoms with Crippen LogP contribution in [0.15, 0.2) is 54.7 Å². The van der Waals surface area contributed by atoms with Crippen molar-refractivity contribution in [1.82, 2.24) is 4.98 Å². The highest BCUT2D eigenvalue weighted by molar-refractivity contribution is 6.09. The smallest absolute Gasteiger partial charge is 0.255 e. The van der Waals surface area contributed by atoms with Gasteiger partial charge < -0.3 is 14.8 Å². The van der Waals surface area contributed by atoms with Crippen LogP contribution in [-0.2, 0) is 0 Å². The van der Waals surface area contributed by atoms with E-state index in [2.05, 4.69) is 17.2 Å². The van der Waals surface area contributed by atoms with E-state index in [4.69, 9.17) is 9.47 Å². The molecule has 0 saturated carbocycles. The Morgan fingerprint density at radius 1 is 1.04 bits per heavy atom.